The quantitative estimate of drug-likeness (QED) is 0.695. The van der Waals surface area contributed by atoms with Crippen LogP contribution in [0.4, 0.5) is 11.4 Å². The number of benzene rings is 1. The number of carbonyl (C=O) groups excluding carboxylic acids is 2. The number of carbonyl (C=O) groups is 2. The van der Waals surface area contributed by atoms with Crippen molar-refractivity contribution in [3.8, 4) is 0 Å². The van der Waals surface area contributed by atoms with Gasteiger partial charge in [0.1, 0.15) is 16.9 Å². The van der Waals surface area contributed by atoms with Gasteiger partial charge in [0.05, 0.1) is 0 Å². The first kappa shape index (κ1) is 18.8. The summed E-state index contributed by atoms with van der Waals surface area (Å²) in [7, 11) is 2.01. The lowest BCUT2D eigenvalue weighted by Crippen LogP contribution is -2.52. The highest BCUT2D eigenvalue weighted by atomic mass is 16.3. The summed E-state index contributed by atoms with van der Waals surface area (Å²) in [5.74, 6) is -1.17. The molecule has 3 heterocycles. The Hall–Kier alpha value is -2.54. The Kier molecular flexibility index (Phi) is 5.02. The van der Waals surface area contributed by atoms with E-state index >= 15 is 0 Å². The second-order valence-corrected chi connectivity index (χ2v) is 8.11. The molecule has 2 saturated heterocycles. The number of likely N-dealkylation sites (tertiary alicyclic amines) is 1. The van der Waals surface area contributed by atoms with Gasteiger partial charge in [0.15, 0.2) is 0 Å². The highest BCUT2D eigenvalue weighted by Crippen LogP contribution is 2.35. The summed E-state index contributed by atoms with van der Waals surface area (Å²) in [6, 6.07) is 7.67. The van der Waals surface area contributed by atoms with Crippen molar-refractivity contribution < 1.29 is 14.7 Å². The van der Waals surface area contributed by atoms with E-state index in [0.717, 1.165) is 31.9 Å². The Bertz CT molecular complexity index is 788. The van der Waals surface area contributed by atoms with E-state index in [1.54, 1.807) is 0 Å². The number of aliphatic hydroxyl groups is 1. The summed E-state index contributed by atoms with van der Waals surface area (Å²) in [4.78, 5) is 29.6. The third kappa shape index (κ3) is 3.46. The number of hydrogen-bond donors (Lipinski definition) is 3. The number of hydrogen-bond acceptors (Lipinski definition) is 5. The molecule has 28 heavy (non-hydrogen) atoms. The van der Waals surface area contributed by atoms with Gasteiger partial charge in [-0.2, -0.15) is 0 Å². The second-order valence-electron chi connectivity index (χ2n) is 8.11. The summed E-state index contributed by atoms with van der Waals surface area (Å²) in [5, 5.41) is 16.3. The molecule has 0 aromatic heterocycles. The molecule has 3 aliphatic heterocycles. The van der Waals surface area contributed by atoms with Gasteiger partial charge in [0, 0.05) is 37.6 Å². The molecule has 1 aromatic rings. The molecule has 7 heteroatoms. The van der Waals surface area contributed by atoms with Gasteiger partial charge in [-0.05, 0) is 63.4 Å². The van der Waals surface area contributed by atoms with Crippen LogP contribution in [0.15, 0.2) is 35.6 Å². The van der Waals surface area contributed by atoms with Crippen LogP contribution in [0, 0.1) is 0 Å². The van der Waals surface area contributed by atoms with E-state index in [9.17, 15) is 14.7 Å². The number of nitrogens with zero attached hydrogens (tertiary/aromatic N) is 2. The SMILES string of the molecule is CN1CCC2(CC1)NC(=O)C(C(=O)Nc1ccc(N3CCCCC3)cc1)=C2O. The molecule has 0 atom stereocenters. The zero-order valence-corrected chi connectivity index (χ0v) is 16.3. The predicted molar refractivity (Wildman–Crippen MR) is 108 cm³/mol. The fraction of sp³-hybridized carbons (Fsp3) is 0.524. The number of piperidine rings is 2. The Morgan fingerprint density at radius 1 is 1.07 bits per heavy atom. The van der Waals surface area contributed by atoms with Gasteiger partial charge in [0.2, 0.25) is 0 Å². The average molecular weight is 384 g/mol. The van der Waals surface area contributed by atoms with E-state index < -0.39 is 17.4 Å². The fourth-order valence-corrected chi connectivity index (χ4v) is 4.36. The maximum Gasteiger partial charge on any atom is 0.264 e. The van der Waals surface area contributed by atoms with Gasteiger partial charge >= 0.3 is 0 Å². The van der Waals surface area contributed by atoms with Crippen LogP contribution >= 0.6 is 0 Å². The monoisotopic (exact) mass is 384 g/mol. The maximum atomic E-state index is 12.7. The van der Waals surface area contributed by atoms with Crippen LogP contribution in [0.1, 0.15) is 32.1 Å². The van der Waals surface area contributed by atoms with Crippen molar-refractivity contribution in [3.63, 3.8) is 0 Å². The lowest BCUT2D eigenvalue weighted by Gasteiger charge is -2.37. The highest BCUT2D eigenvalue weighted by Gasteiger charge is 2.48. The molecule has 0 radical (unpaired) electrons. The van der Waals surface area contributed by atoms with Crippen LogP contribution in [0.3, 0.4) is 0 Å². The molecule has 0 aliphatic carbocycles. The lowest BCUT2D eigenvalue weighted by atomic mass is 9.86. The normalized spacial score (nSPS) is 22.5. The minimum absolute atomic E-state index is 0.118. The molecule has 1 spiro atoms. The Labute approximate surface area is 165 Å². The molecular weight excluding hydrogens is 356 g/mol. The minimum atomic E-state index is -0.797. The molecule has 0 saturated carbocycles. The number of anilines is 2. The molecule has 2 fully saturated rings. The minimum Gasteiger partial charge on any atom is -0.509 e. The summed E-state index contributed by atoms with van der Waals surface area (Å²) in [6.07, 6.45) is 4.89. The number of rotatable bonds is 3. The lowest BCUT2D eigenvalue weighted by molar-refractivity contribution is -0.121. The Balaban J connectivity index is 1.47. The molecule has 1 aromatic carbocycles. The second kappa shape index (κ2) is 7.47. The van der Waals surface area contributed by atoms with E-state index in [2.05, 4.69) is 20.4 Å². The van der Waals surface area contributed by atoms with Crippen molar-refractivity contribution >= 4 is 23.2 Å². The van der Waals surface area contributed by atoms with Gasteiger partial charge in [-0.25, -0.2) is 0 Å². The molecule has 3 aliphatic rings. The van der Waals surface area contributed by atoms with Gasteiger partial charge < -0.3 is 25.5 Å². The van der Waals surface area contributed by atoms with Crippen LogP contribution in [0.5, 0.6) is 0 Å². The van der Waals surface area contributed by atoms with Crippen LogP contribution < -0.4 is 15.5 Å². The molecule has 0 unspecified atom stereocenters. The van der Waals surface area contributed by atoms with Crippen LogP contribution in [-0.2, 0) is 9.59 Å². The third-order valence-corrected chi connectivity index (χ3v) is 6.18. The Morgan fingerprint density at radius 3 is 2.36 bits per heavy atom. The summed E-state index contributed by atoms with van der Waals surface area (Å²) in [5.41, 5.74) is 0.797. The summed E-state index contributed by atoms with van der Waals surface area (Å²) < 4.78 is 0. The molecule has 4 rings (SSSR count). The number of aliphatic hydroxyl groups excluding tert-OH is 1. The smallest absolute Gasteiger partial charge is 0.264 e. The first-order valence-electron chi connectivity index (χ1n) is 10.1. The first-order chi connectivity index (χ1) is 13.5. The van der Waals surface area contributed by atoms with Crippen molar-refractivity contribution in [2.75, 3.05) is 43.4 Å². The number of amides is 2. The maximum absolute atomic E-state index is 12.7. The summed E-state index contributed by atoms with van der Waals surface area (Å²) >= 11 is 0. The summed E-state index contributed by atoms with van der Waals surface area (Å²) in [6.45, 7) is 3.64. The largest absolute Gasteiger partial charge is 0.509 e. The van der Waals surface area contributed by atoms with Crippen LogP contribution in [0.2, 0.25) is 0 Å². The predicted octanol–water partition coefficient (Wildman–Crippen LogP) is 2.02. The van der Waals surface area contributed by atoms with Crippen molar-refractivity contribution in [3.05, 3.63) is 35.6 Å². The van der Waals surface area contributed by atoms with Crippen LogP contribution in [-0.4, -0.2) is 60.6 Å². The molecule has 7 nitrogen and oxygen atoms in total. The first-order valence-corrected chi connectivity index (χ1v) is 10.1. The Morgan fingerprint density at radius 2 is 1.71 bits per heavy atom. The van der Waals surface area contributed by atoms with Crippen molar-refractivity contribution in [2.45, 2.75) is 37.6 Å². The van der Waals surface area contributed by atoms with Gasteiger partial charge in [-0.15, -0.1) is 0 Å². The topological polar surface area (TPSA) is 84.9 Å². The van der Waals surface area contributed by atoms with Gasteiger partial charge in [-0.1, -0.05) is 0 Å². The van der Waals surface area contributed by atoms with E-state index in [4.69, 9.17) is 0 Å². The van der Waals surface area contributed by atoms with E-state index in [0.29, 0.717) is 18.5 Å². The van der Waals surface area contributed by atoms with Crippen LogP contribution in [0.25, 0.3) is 0 Å². The van der Waals surface area contributed by atoms with Crippen molar-refractivity contribution in [1.82, 2.24) is 10.2 Å². The molecular formula is C21H28N4O3. The van der Waals surface area contributed by atoms with Gasteiger partial charge in [-0.3, -0.25) is 9.59 Å². The molecule has 150 valence electrons. The van der Waals surface area contributed by atoms with Gasteiger partial charge in [0.25, 0.3) is 11.8 Å². The van der Waals surface area contributed by atoms with Crippen molar-refractivity contribution in [1.29, 1.82) is 0 Å². The van der Waals surface area contributed by atoms with E-state index in [-0.39, 0.29) is 11.3 Å². The zero-order chi connectivity index (χ0) is 19.7. The number of nitrogens with one attached hydrogen (secondary N) is 2. The van der Waals surface area contributed by atoms with E-state index in [1.165, 1.54) is 19.3 Å². The molecule has 0 bridgehead atoms. The third-order valence-electron chi connectivity index (χ3n) is 6.18. The fourth-order valence-electron chi connectivity index (χ4n) is 4.36. The molecule has 2 amide bonds. The zero-order valence-electron chi connectivity index (χ0n) is 16.3. The van der Waals surface area contributed by atoms with E-state index in [1.807, 2.05) is 31.3 Å². The average Bonchev–Trinajstić information content (AvgIpc) is 2.95. The highest BCUT2D eigenvalue weighted by molar-refractivity contribution is 6.25. The van der Waals surface area contributed by atoms with Crippen molar-refractivity contribution in [2.24, 2.45) is 0 Å². The molecule has 3 N–H and O–H groups in total. The standard InChI is InChI=1S/C21H28N4O3/c1-24-13-9-21(10-14-24)18(26)17(20(28)23-21)19(27)22-15-5-7-16(8-6-15)25-11-3-2-4-12-25/h5-8,26H,2-4,9-14H2,1H3,(H,22,27)(H,23,28).